The Hall–Kier alpha value is -0.670. The van der Waals surface area contributed by atoms with E-state index in [1.165, 1.54) is 0 Å². The van der Waals surface area contributed by atoms with Crippen LogP contribution in [0.15, 0.2) is 24.3 Å². The van der Waals surface area contributed by atoms with Gasteiger partial charge in [0.2, 0.25) is 0 Å². The van der Waals surface area contributed by atoms with Crippen LogP contribution in [0.25, 0.3) is 0 Å². The van der Waals surface area contributed by atoms with Crippen LogP contribution in [0.3, 0.4) is 0 Å². The summed E-state index contributed by atoms with van der Waals surface area (Å²) < 4.78 is 0. The van der Waals surface area contributed by atoms with Gasteiger partial charge in [-0.3, -0.25) is 4.79 Å². The first kappa shape index (κ1) is 9.42. The molecule has 1 aromatic rings. The second-order valence-electron chi connectivity index (χ2n) is 2.12. The minimum atomic E-state index is -0.0719. The molecule has 1 amide bonds. The highest BCUT2D eigenvalue weighted by molar-refractivity contribution is 8.13. The van der Waals surface area contributed by atoms with E-state index in [0.717, 1.165) is 17.4 Å². The number of rotatable bonds is 1. The highest BCUT2D eigenvalue weighted by atomic mass is 35.5. The maximum atomic E-state index is 10.9. The van der Waals surface area contributed by atoms with E-state index in [1.807, 2.05) is 0 Å². The summed E-state index contributed by atoms with van der Waals surface area (Å²) in [4.78, 5) is 10.9. The summed E-state index contributed by atoms with van der Waals surface area (Å²) in [6.45, 7) is 0. The molecule has 2 nitrogen and oxygen atoms in total. The first-order valence-electron chi connectivity index (χ1n) is 3.33. The lowest BCUT2D eigenvalue weighted by Gasteiger charge is -2.01. The van der Waals surface area contributed by atoms with Crippen molar-refractivity contribution in [3.63, 3.8) is 0 Å². The molecule has 0 saturated heterocycles. The summed E-state index contributed by atoms with van der Waals surface area (Å²) in [6, 6.07) is 6.99. The van der Waals surface area contributed by atoms with Gasteiger partial charge in [0.25, 0.3) is 5.24 Å². The van der Waals surface area contributed by atoms with Crippen molar-refractivity contribution in [2.45, 2.75) is 0 Å². The summed E-state index contributed by atoms with van der Waals surface area (Å²) in [5.74, 6) is 0. The number of hydrogen-bond acceptors (Lipinski definition) is 2. The van der Waals surface area contributed by atoms with Gasteiger partial charge in [-0.05, 0) is 30.5 Å². The number of hydrogen-bond donors (Lipinski definition) is 1. The Labute approximate surface area is 80.3 Å². The molecule has 0 saturated carbocycles. The lowest BCUT2D eigenvalue weighted by Crippen LogP contribution is -2.03. The number of carbonyl (C=O) groups excluding carboxylic acids is 1. The Kier molecular flexibility index (Phi) is 3.44. The molecule has 4 heteroatoms. The molecule has 0 aromatic heterocycles. The predicted molar refractivity (Wildman–Crippen MR) is 54.0 cm³/mol. The Morgan fingerprint density at radius 3 is 2.50 bits per heavy atom. The Morgan fingerprint density at radius 2 is 2.00 bits per heavy atom. The second kappa shape index (κ2) is 4.38. The zero-order valence-electron chi connectivity index (χ0n) is 6.50. The molecule has 0 heterocycles. The normalized spacial score (nSPS) is 9.50. The molecule has 0 bridgehead atoms. The number of benzene rings is 1. The van der Waals surface area contributed by atoms with Crippen LogP contribution in [0.5, 0.6) is 0 Å². The summed E-state index contributed by atoms with van der Waals surface area (Å²) in [5.41, 5.74) is 0.763. The maximum Gasteiger partial charge on any atom is 0.283 e. The fourth-order valence-corrected chi connectivity index (χ4v) is 1.05. The van der Waals surface area contributed by atoms with Gasteiger partial charge in [-0.15, -0.1) is 0 Å². The SMILES string of the molecule is CSC(=O)Nc1ccc(Cl)cc1. The topological polar surface area (TPSA) is 29.1 Å². The Bertz CT molecular complexity index is 273. The quantitative estimate of drug-likeness (QED) is 0.756. The van der Waals surface area contributed by atoms with E-state index in [2.05, 4.69) is 5.32 Å². The lowest BCUT2D eigenvalue weighted by atomic mass is 10.3. The molecule has 64 valence electrons. The minimum absolute atomic E-state index is 0.0719. The molecule has 0 radical (unpaired) electrons. The zero-order valence-corrected chi connectivity index (χ0v) is 8.08. The minimum Gasteiger partial charge on any atom is -0.317 e. The van der Waals surface area contributed by atoms with Crippen LogP contribution in [0, 0.1) is 0 Å². The molecule has 0 aliphatic rings. The second-order valence-corrected chi connectivity index (χ2v) is 3.34. The van der Waals surface area contributed by atoms with Crippen molar-refractivity contribution in [1.82, 2.24) is 0 Å². The molecule has 0 spiro atoms. The van der Waals surface area contributed by atoms with Crippen LogP contribution >= 0.6 is 23.4 Å². The van der Waals surface area contributed by atoms with Crippen molar-refractivity contribution < 1.29 is 4.79 Å². The number of thioether (sulfide) groups is 1. The summed E-state index contributed by atoms with van der Waals surface area (Å²) in [7, 11) is 0. The highest BCUT2D eigenvalue weighted by Crippen LogP contribution is 2.14. The van der Waals surface area contributed by atoms with Gasteiger partial charge in [0.05, 0.1) is 0 Å². The number of anilines is 1. The average Bonchev–Trinajstić information content (AvgIpc) is 2.09. The third-order valence-corrected chi connectivity index (χ3v) is 2.00. The van der Waals surface area contributed by atoms with Crippen molar-refractivity contribution in [1.29, 1.82) is 0 Å². The fraction of sp³-hybridized carbons (Fsp3) is 0.125. The Morgan fingerprint density at radius 1 is 1.42 bits per heavy atom. The van der Waals surface area contributed by atoms with Crippen LogP contribution < -0.4 is 5.32 Å². The van der Waals surface area contributed by atoms with E-state index >= 15 is 0 Å². The van der Waals surface area contributed by atoms with E-state index in [-0.39, 0.29) is 5.24 Å². The average molecular weight is 202 g/mol. The van der Waals surface area contributed by atoms with Crippen molar-refractivity contribution >= 4 is 34.3 Å². The molecule has 12 heavy (non-hydrogen) atoms. The van der Waals surface area contributed by atoms with Gasteiger partial charge in [-0.2, -0.15) is 0 Å². The first-order chi connectivity index (χ1) is 5.72. The van der Waals surface area contributed by atoms with Crippen LogP contribution in [-0.4, -0.2) is 11.5 Å². The van der Waals surface area contributed by atoms with Gasteiger partial charge in [0, 0.05) is 10.7 Å². The van der Waals surface area contributed by atoms with E-state index in [0.29, 0.717) is 5.02 Å². The summed E-state index contributed by atoms with van der Waals surface area (Å²) >= 11 is 6.80. The number of nitrogens with one attached hydrogen (secondary N) is 1. The number of amides is 1. The van der Waals surface area contributed by atoms with Gasteiger partial charge in [-0.1, -0.05) is 23.4 Å². The van der Waals surface area contributed by atoms with E-state index in [9.17, 15) is 4.79 Å². The molecule has 1 rings (SSSR count). The maximum absolute atomic E-state index is 10.9. The molecule has 0 aliphatic carbocycles. The molecule has 0 unspecified atom stereocenters. The van der Waals surface area contributed by atoms with Crippen LogP contribution in [-0.2, 0) is 0 Å². The fourth-order valence-electron chi connectivity index (χ4n) is 0.702. The predicted octanol–water partition coefficient (Wildman–Crippen LogP) is 3.23. The van der Waals surface area contributed by atoms with E-state index in [1.54, 1.807) is 30.5 Å². The van der Waals surface area contributed by atoms with E-state index < -0.39 is 0 Å². The molecular formula is C8H8ClNOS. The van der Waals surface area contributed by atoms with Crippen molar-refractivity contribution in [2.75, 3.05) is 11.6 Å². The number of halogens is 1. The molecule has 1 aromatic carbocycles. The van der Waals surface area contributed by atoms with Crippen LogP contribution in [0.1, 0.15) is 0 Å². The van der Waals surface area contributed by atoms with Gasteiger partial charge in [0.15, 0.2) is 0 Å². The molecular weight excluding hydrogens is 194 g/mol. The third-order valence-electron chi connectivity index (χ3n) is 1.28. The number of carbonyl (C=O) groups is 1. The smallest absolute Gasteiger partial charge is 0.283 e. The van der Waals surface area contributed by atoms with E-state index in [4.69, 9.17) is 11.6 Å². The van der Waals surface area contributed by atoms with Crippen LogP contribution in [0.4, 0.5) is 10.5 Å². The molecule has 0 aliphatic heterocycles. The highest BCUT2D eigenvalue weighted by Gasteiger charge is 1.97. The summed E-state index contributed by atoms with van der Waals surface area (Å²) in [5, 5.41) is 3.28. The van der Waals surface area contributed by atoms with Gasteiger partial charge < -0.3 is 5.32 Å². The van der Waals surface area contributed by atoms with Crippen molar-refractivity contribution in [2.24, 2.45) is 0 Å². The molecule has 0 atom stereocenters. The lowest BCUT2D eigenvalue weighted by molar-refractivity contribution is 0.270. The molecule has 1 N–H and O–H groups in total. The monoisotopic (exact) mass is 201 g/mol. The first-order valence-corrected chi connectivity index (χ1v) is 4.93. The van der Waals surface area contributed by atoms with Crippen molar-refractivity contribution in [3.05, 3.63) is 29.3 Å². The summed E-state index contributed by atoms with van der Waals surface area (Å²) in [6.07, 6.45) is 1.73. The van der Waals surface area contributed by atoms with Gasteiger partial charge >= 0.3 is 0 Å². The van der Waals surface area contributed by atoms with Gasteiger partial charge in [0.1, 0.15) is 0 Å². The molecule has 0 fully saturated rings. The third kappa shape index (κ3) is 2.75. The van der Waals surface area contributed by atoms with Crippen LogP contribution in [0.2, 0.25) is 5.02 Å². The standard InChI is InChI=1S/C8H8ClNOS/c1-12-8(11)10-7-4-2-6(9)3-5-7/h2-5H,1H3,(H,10,11). The largest absolute Gasteiger partial charge is 0.317 e. The Balaban J connectivity index is 2.64. The van der Waals surface area contributed by atoms with Gasteiger partial charge in [-0.25, -0.2) is 0 Å². The van der Waals surface area contributed by atoms with Crippen molar-refractivity contribution in [3.8, 4) is 0 Å². The zero-order chi connectivity index (χ0) is 8.97.